The van der Waals surface area contributed by atoms with Gasteiger partial charge in [-0.05, 0) is 52.6 Å². The van der Waals surface area contributed by atoms with Crippen molar-refractivity contribution in [2.75, 3.05) is 6.54 Å². The van der Waals surface area contributed by atoms with Crippen molar-refractivity contribution in [1.29, 1.82) is 0 Å². The predicted molar refractivity (Wildman–Crippen MR) is 153 cm³/mol. The Kier molecular flexibility index (Phi) is 10.8. The summed E-state index contributed by atoms with van der Waals surface area (Å²) in [6, 6.07) is 25.2. The first-order valence-corrected chi connectivity index (χ1v) is 13.5. The van der Waals surface area contributed by atoms with Gasteiger partial charge in [0.1, 0.15) is 6.04 Å². The van der Waals surface area contributed by atoms with Crippen LogP contribution < -0.4 is 5.32 Å². The molecular weight excluding hydrogens is 480 g/mol. The molecule has 3 aromatic carbocycles. The first-order valence-electron chi connectivity index (χ1n) is 13.2. The zero-order valence-corrected chi connectivity index (χ0v) is 23.2. The Morgan fingerprint density at radius 3 is 2.03 bits per heavy atom. The maximum Gasteiger partial charge on any atom is 0.243 e. The standard InChI is InChI=1S/C32H39ClN2O2/c1-23(2)21-34-32(37)30(20-26-8-6-5-7-9-26)35(22-27-12-17-29(33)18-13-27)31(36)19-14-25-10-15-28(16-11-25)24(3)4/h5-13,15-18,23-24,30H,14,19-22H2,1-4H3,(H,34,37)/t30-/m0/s1. The highest BCUT2D eigenvalue weighted by molar-refractivity contribution is 6.30. The summed E-state index contributed by atoms with van der Waals surface area (Å²) in [6.07, 6.45) is 1.41. The third-order valence-electron chi connectivity index (χ3n) is 6.50. The van der Waals surface area contributed by atoms with Gasteiger partial charge in [-0.2, -0.15) is 0 Å². The molecule has 37 heavy (non-hydrogen) atoms. The lowest BCUT2D eigenvalue weighted by atomic mass is 9.99. The number of nitrogens with zero attached hydrogens (tertiary/aromatic N) is 1. The second kappa shape index (κ2) is 14.0. The minimum Gasteiger partial charge on any atom is -0.354 e. The van der Waals surface area contributed by atoms with Gasteiger partial charge in [-0.3, -0.25) is 9.59 Å². The molecule has 1 atom stereocenters. The van der Waals surface area contributed by atoms with E-state index in [4.69, 9.17) is 11.6 Å². The Bertz CT molecular complexity index is 1130. The summed E-state index contributed by atoms with van der Waals surface area (Å²) in [5.41, 5.74) is 4.36. The molecule has 0 radical (unpaired) electrons. The summed E-state index contributed by atoms with van der Waals surface area (Å²) in [5, 5.41) is 3.71. The third kappa shape index (κ3) is 9.05. The van der Waals surface area contributed by atoms with Crippen molar-refractivity contribution in [2.24, 2.45) is 5.92 Å². The number of benzene rings is 3. The second-order valence-electron chi connectivity index (χ2n) is 10.4. The van der Waals surface area contributed by atoms with Crippen LogP contribution in [0.4, 0.5) is 0 Å². The van der Waals surface area contributed by atoms with E-state index >= 15 is 0 Å². The Balaban J connectivity index is 1.86. The highest BCUT2D eigenvalue weighted by Crippen LogP contribution is 2.20. The van der Waals surface area contributed by atoms with Gasteiger partial charge < -0.3 is 10.2 Å². The molecule has 196 valence electrons. The summed E-state index contributed by atoms with van der Waals surface area (Å²) in [7, 11) is 0. The largest absolute Gasteiger partial charge is 0.354 e. The predicted octanol–water partition coefficient (Wildman–Crippen LogP) is 6.81. The number of hydrogen-bond acceptors (Lipinski definition) is 2. The molecule has 0 aliphatic heterocycles. The molecule has 0 saturated carbocycles. The van der Waals surface area contributed by atoms with Crippen molar-refractivity contribution < 1.29 is 9.59 Å². The molecule has 0 heterocycles. The molecule has 0 spiro atoms. The number of halogens is 1. The maximum absolute atomic E-state index is 13.8. The molecule has 0 saturated heterocycles. The van der Waals surface area contributed by atoms with Crippen LogP contribution in [0.5, 0.6) is 0 Å². The number of aryl methyl sites for hydroxylation is 1. The van der Waals surface area contributed by atoms with E-state index in [2.05, 4.69) is 57.3 Å². The Labute approximate surface area is 227 Å². The van der Waals surface area contributed by atoms with Crippen molar-refractivity contribution in [3.05, 3.63) is 106 Å². The zero-order valence-electron chi connectivity index (χ0n) is 22.4. The molecule has 2 amide bonds. The number of hydrogen-bond donors (Lipinski definition) is 1. The van der Waals surface area contributed by atoms with Crippen LogP contribution in [-0.4, -0.2) is 29.3 Å². The lowest BCUT2D eigenvalue weighted by Crippen LogP contribution is -2.51. The van der Waals surface area contributed by atoms with E-state index in [1.165, 1.54) is 5.56 Å². The van der Waals surface area contributed by atoms with E-state index in [9.17, 15) is 9.59 Å². The van der Waals surface area contributed by atoms with Crippen LogP contribution in [-0.2, 0) is 29.0 Å². The number of rotatable bonds is 12. The van der Waals surface area contributed by atoms with Gasteiger partial charge in [-0.1, -0.05) is 106 Å². The van der Waals surface area contributed by atoms with Crippen LogP contribution in [0.3, 0.4) is 0 Å². The SMILES string of the molecule is CC(C)CNC(=O)[C@H](Cc1ccccc1)N(Cc1ccc(Cl)cc1)C(=O)CCc1ccc(C(C)C)cc1. The molecule has 3 rings (SSSR count). The Morgan fingerprint density at radius 1 is 0.811 bits per heavy atom. The van der Waals surface area contributed by atoms with E-state index in [-0.39, 0.29) is 11.8 Å². The molecular formula is C32H39ClN2O2. The zero-order chi connectivity index (χ0) is 26.8. The molecule has 0 fully saturated rings. The van der Waals surface area contributed by atoms with Crippen molar-refractivity contribution in [3.8, 4) is 0 Å². The van der Waals surface area contributed by atoms with E-state index in [0.29, 0.717) is 49.2 Å². The van der Waals surface area contributed by atoms with Gasteiger partial charge in [-0.25, -0.2) is 0 Å². The number of amides is 2. The molecule has 3 aromatic rings. The van der Waals surface area contributed by atoms with Gasteiger partial charge in [0.15, 0.2) is 0 Å². The first kappa shape index (κ1) is 28.5. The molecule has 0 bridgehead atoms. The van der Waals surface area contributed by atoms with Crippen LogP contribution in [0.15, 0.2) is 78.9 Å². The van der Waals surface area contributed by atoms with Gasteiger partial charge >= 0.3 is 0 Å². The highest BCUT2D eigenvalue weighted by atomic mass is 35.5. The Morgan fingerprint density at radius 2 is 1.43 bits per heavy atom. The van der Waals surface area contributed by atoms with Gasteiger partial charge in [0, 0.05) is 31.0 Å². The van der Waals surface area contributed by atoms with Crippen molar-refractivity contribution >= 4 is 23.4 Å². The summed E-state index contributed by atoms with van der Waals surface area (Å²) >= 11 is 6.11. The summed E-state index contributed by atoms with van der Waals surface area (Å²) < 4.78 is 0. The van der Waals surface area contributed by atoms with Crippen LogP contribution in [0.1, 0.15) is 62.3 Å². The molecule has 1 N–H and O–H groups in total. The van der Waals surface area contributed by atoms with Crippen molar-refractivity contribution in [1.82, 2.24) is 10.2 Å². The maximum atomic E-state index is 13.8. The first-order chi connectivity index (χ1) is 17.7. The van der Waals surface area contributed by atoms with E-state index in [0.717, 1.165) is 16.7 Å². The summed E-state index contributed by atoms with van der Waals surface area (Å²) in [4.78, 5) is 29.0. The van der Waals surface area contributed by atoms with Crippen LogP contribution >= 0.6 is 11.6 Å². The smallest absolute Gasteiger partial charge is 0.243 e. The average molecular weight is 519 g/mol. The fourth-order valence-electron chi connectivity index (χ4n) is 4.23. The fourth-order valence-corrected chi connectivity index (χ4v) is 4.35. The minimum atomic E-state index is -0.618. The van der Waals surface area contributed by atoms with Gasteiger partial charge in [0.2, 0.25) is 11.8 Å². The Hall–Kier alpha value is -3.11. The van der Waals surface area contributed by atoms with Gasteiger partial charge in [0.05, 0.1) is 0 Å². The second-order valence-corrected chi connectivity index (χ2v) is 10.8. The van der Waals surface area contributed by atoms with E-state index in [1.807, 2.05) is 54.6 Å². The molecule has 0 aliphatic carbocycles. The minimum absolute atomic E-state index is 0.0384. The highest BCUT2D eigenvalue weighted by Gasteiger charge is 2.30. The number of carbonyl (C=O) groups is 2. The normalized spacial score (nSPS) is 12.0. The lowest BCUT2D eigenvalue weighted by molar-refractivity contribution is -0.141. The third-order valence-corrected chi connectivity index (χ3v) is 6.75. The van der Waals surface area contributed by atoms with Crippen LogP contribution in [0, 0.1) is 5.92 Å². The topological polar surface area (TPSA) is 49.4 Å². The molecule has 0 aromatic heterocycles. The van der Waals surface area contributed by atoms with Crippen LogP contribution in [0.25, 0.3) is 0 Å². The van der Waals surface area contributed by atoms with E-state index < -0.39 is 6.04 Å². The van der Waals surface area contributed by atoms with E-state index in [1.54, 1.807) is 4.90 Å². The summed E-state index contributed by atoms with van der Waals surface area (Å²) in [6.45, 7) is 9.38. The number of nitrogens with one attached hydrogen (secondary N) is 1. The average Bonchev–Trinajstić information content (AvgIpc) is 2.89. The quantitative estimate of drug-likeness (QED) is 0.286. The fraction of sp³-hybridized carbons (Fsp3) is 0.375. The lowest BCUT2D eigenvalue weighted by Gasteiger charge is -2.32. The molecule has 0 unspecified atom stereocenters. The van der Waals surface area contributed by atoms with Crippen LogP contribution in [0.2, 0.25) is 5.02 Å². The van der Waals surface area contributed by atoms with Gasteiger partial charge in [0.25, 0.3) is 0 Å². The molecule has 4 nitrogen and oxygen atoms in total. The van der Waals surface area contributed by atoms with Crippen molar-refractivity contribution in [2.45, 2.75) is 65.5 Å². The van der Waals surface area contributed by atoms with Crippen molar-refractivity contribution in [3.63, 3.8) is 0 Å². The molecule has 5 heteroatoms. The number of carbonyl (C=O) groups excluding carboxylic acids is 2. The molecule has 0 aliphatic rings. The van der Waals surface area contributed by atoms with Gasteiger partial charge in [-0.15, -0.1) is 0 Å². The monoisotopic (exact) mass is 518 g/mol. The summed E-state index contributed by atoms with van der Waals surface area (Å²) in [5.74, 6) is 0.619.